The van der Waals surface area contributed by atoms with Crippen LogP contribution in [0.5, 0.6) is 0 Å². The van der Waals surface area contributed by atoms with Crippen LogP contribution >= 0.6 is 0 Å². The normalized spacial score (nSPS) is 15.9. The van der Waals surface area contributed by atoms with Crippen molar-refractivity contribution >= 4 is 16.7 Å². The van der Waals surface area contributed by atoms with Gasteiger partial charge in [-0.2, -0.15) is 0 Å². The summed E-state index contributed by atoms with van der Waals surface area (Å²) in [6.45, 7) is 9.72. The Balaban J connectivity index is 1.62. The van der Waals surface area contributed by atoms with E-state index in [-0.39, 0.29) is 5.91 Å². The minimum absolute atomic E-state index is 0.0312. The largest absolute Gasteiger partial charge is 0.336 e. The molecule has 146 valence electrons. The van der Waals surface area contributed by atoms with Crippen LogP contribution in [0.4, 0.5) is 0 Å². The first-order valence-corrected chi connectivity index (χ1v) is 9.85. The molecule has 7 nitrogen and oxygen atoms in total. The monoisotopic (exact) mass is 378 g/mol. The second-order valence-electron chi connectivity index (χ2n) is 7.58. The Kier molecular flexibility index (Phi) is 5.09. The third-order valence-electron chi connectivity index (χ3n) is 5.53. The number of rotatable bonds is 3. The van der Waals surface area contributed by atoms with Gasteiger partial charge < -0.3 is 4.90 Å². The Morgan fingerprint density at radius 1 is 1.11 bits per heavy atom. The Morgan fingerprint density at radius 3 is 2.79 bits per heavy atom. The summed E-state index contributed by atoms with van der Waals surface area (Å²) in [5.41, 5.74) is 2.11. The molecule has 3 aromatic rings. The number of carbonyl (C=O) groups is 1. The van der Waals surface area contributed by atoms with E-state index in [1.807, 2.05) is 42.3 Å². The van der Waals surface area contributed by atoms with E-state index in [4.69, 9.17) is 0 Å². The van der Waals surface area contributed by atoms with Gasteiger partial charge in [-0.15, -0.1) is 5.10 Å². The fourth-order valence-electron chi connectivity index (χ4n) is 3.85. The van der Waals surface area contributed by atoms with E-state index in [2.05, 4.69) is 34.0 Å². The lowest BCUT2D eigenvalue weighted by molar-refractivity contribution is 0.0752. The number of nitrogens with zero attached hydrogens (tertiary/aromatic N) is 6. The number of carbonyl (C=O) groups excluding carboxylic acids is 1. The smallest absolute Gasteiger partial charge is 0.276 e. The molecule has 1 aliphatic rings. The molecule has 0 aliphatic carbocycles. The maximum absolute atomic E-state index is 13.1. The van der Waals surface area contributed by atoms with E-state index in [1.165, 1.54) is 0 Å². The fourth-order valence-corrected chi connectivity index (χ4v) is 3.85. The quantitative estimate of drug-likeness (QED) is 0.701. The lowest BCUT2D eigenvalue weighted by atomic mass is 10.1. The lowest BCUT2D eigenvalue weighted by Gasteiger charge is -2.24. The minimum atomic E-state index is -0.0312. The molecule has 2 aromatic heterocycles. The molecule has 0 unspecified atom stereocenters. The van der Waals surface area contributed by atoms with E-state index in [0.29, 0.717) is 11.7 Å². The van der Waals surface area contributed by atoms with Crippen LogP contribution in [0.25, 0.3) is 16.5 Å². The Hall–Kier alpha value is -2.80. The summed E-state index contributed by atoms with van der Waals surface area (Å²) in [4.78, 5) is 21.7. The molecule has 0 bridgehead atoms. The van der Waals surface area contributed by atoms with Crippen LogP contribution < -0.4 is 0 Å². The van der Waals surface area contributed by atoms with E-state index < -0.39 is 0 Å². The summed E-state index contributed by atoms with van der Waals surface area (Å²) in [6, 6.07) is 8.44. The minimum Gasteiger partial charge on any atom is -0.336 e. The standard InChI is InChI=1S/C21H26N6O/c1-15(2)25-10-5-11-26(13-12-25)21(28)20-16(3)27(24-23-20)19-7-4-6-17-14-22-9-8-18(17)19/h4,6-9,14-15H,5,10-13H2,1-3H3. The average molecular weight is 378 g/mol. The van der Waals surface area contributed by atoms with Gasteiger partial charge >= 0.3 is 0 Å². The maximum Gasteiger partial charge on any atom is 0.276 e. The van der Waals surface area contributed by atoms with Gasteiger partial charge in [0.15, 0.2) is 5.69 Å². The third kappa shape index (κ3) is 3.38. The van der Waals surface area contributed by atoms with Crippen molar-refractivity contribution in [1.82, 2.24) is 29.8 Å². The predicted molar refractivity (Wildman–Crippen MR) is 109 cm³/mol. The highest BCUT2D eigenvalue weighted by molar-refractivity contribution is 5.94. The molecule has 1 amide bonds. The number of benzene rings is 1. The first kappa shape index (κ1) is 18.6. The number of fused-ring (bicyclic) bond motifs is 1. The highest BCUT2D eigenvalue weighted by atomic mass is 16.2. The summed E-state index contributed by atoms with van der Waals surface area (Å²) in [5, 5.41) is 10.6. The maximum atomic E-state index is 13.1. The van der Waals surface area contributed by atoms with Crippen molar-refractivity contribution in [3.63, 3.8) is 0 Å². The molecular formula is C21H26N6O. The molecular weight excluding hydrogens is 352 g/mol. The van der Waals surface area contributed by atoms with E-state index >= 15 is 0 Å². The molecule has 0 N–H and O–H groups in total. The first-order valence-electron chi connectivity index (χ1n) is 9.85. The molecule has 4 rings (SSSR count). The Labute approximate surface area is 165 Å². The van der Waals surface area contributed by atoms with Crippen molar-refractivity contribution in [3.8, 4) is 5.69 Å². The molecule has 0 spiro atoms. The van der Waals surface area contributed by atoms with Crippen LogP contribution in [0.15, 0.2) is 36.7 Å². The van der Waals surface area contributed by atoms with E-state index in [1.54, 1.807) is 10.9 Å². The lowest BCUT2D eigenvalue weighted by Crippen LogP contribution is -2.37. The van der Waals surface area contributed by atoms with Crippen LogP contribution in [-0.2, 0) is 0 Å². The van der Waals surface area contributed by atoms with Gasteiger partial charge in [0.1, 0.15) is 0 Å². The SMILES string of the molecule is Cc1c(C(=O)N2CCCN(C(C)C)CC2)nnn1-c1cccc2cnccc12. The molecule has 3 heterocycles. The van der Waals surface area contributed by atoms with Gasteiger partial charge in [-0.3, -0.25) is 14.7 Å². The summed E-state index contributed by atoms with van der Waals surface area (Å²) < 4.78 is 1.76. The number of amides is 1. The molecule has 1 aliphatic heterocycles. The van der Waals surface area contributed by atoms with Crippen molar-refractivity contribution in [2.75, 3.05) is 26.2 Å². The van der Waals surface area contributed by atoms with Crippen molar-refractivity contribution < 1.29 is 4.79 Å². The third-order valence-corrected chi connectivity index (χ3v) is 5.53. The van der Waals surface area contributed by atoms with Crippen LogP contribution in [0.3, 0.4) is 0 Å². The zero-order chi connectivity index (χ0) is 19.7. The van der Waals surface area contributed by atoms with Crippen molar-refractivity contribution in [2.24, 2.45) is 0 Å². The fraction of sp³-hybridized carbons (Fsp3) is 0.429. The van der Waals surface area contributed by atoms with Crippen LogP contribution in [0, 0.1) is 6.92 Å². The van der Waals surface area contributed by atoms with Crippen molar-refractivity contribution in [2.45, 2.75) is 33.2 Å². The van der Waals surface area contributed by atoms with Gasteiger partial charge in [-0.25, -0.2) is 4.68 Å². The number of hydrogen-bond acceptors (Lipinski definition) is 5. The van der Waals surface area contributed by atoms with Crippen LogP contribution in [0.2, 0.25) is 0 Å². The highest BCUT2D eigenvalue weighted by Gasteiger charge is 2.26. The van der Waals surface area contributed by atoms with Crippen LogP contribution in [0.1, 0.15) is 36.5 Å². The number of hydrogen-bond donors (Lipinski definition) is 0. The molecule has 0 saturated carbocycles. The van der Waals surface area contributed by atoms with Gasteiger partial charge in [0.25, 0.3) is 5.91 Å². The molecule has 7 heteroatoms. The second kappa shape index (κ2) is 7.67. The Morgan fingerprint density at radius 2 is 1.96 bits per heavy atom. The molecule has 0 atom stereocenters. The summed E-state index contributed by atoms with van der Waals surface area (Å²) in [7, 11) is 0. The van der Waals surface area contributed by atoms with E-state index in [9.17, 15) is 4.79 Å². The van der Waals surface area contributed by atoms with Gasteiger partial charge in [0.2, 0.25) is 0 Å². The number of aromatic nitrogens is 4. The molecule has 1 aromatic carbocycles. The molecule has 28 heavy (non-hydrogen) atoms. The average Bonchev–Trinajstić information content (AvgIpc) is 2.92. The zero-order valence-electron chi connectivity index (χ0n) is 16.7. The van der Waals surface area contributed by atoms with Crippen molar-refractivity contribution in [1.29, 1.82) is 0 Å². The zero-order valence-corrected chi connectivity index (χ0v) is 16.7. The first-order chi connectivity index (χ1) is 13.6. The molecule has 0 radical (unpaired) electrons. The number of pyridine rings is 1. The van der Waals surface area contributed by atoms with Crippen LogP contribution in [-0.4, -0.2) is 67.9 Å². The second-order valence-corrected chi connectivity index (χ2v) is 7.58. The van der Waals surface area contributed by atoms with Gasteiger partial charge in [-0.1, -0.05) is 17.3 Å². The Bertz CT molecular complexity index is 990. The van der Waals surface area contributed by atoms with Gasteiger partial charge in [0, 0.05) is 55.4 Å². The highest BCUT2D eigenvalue weighted by Crippen LogP contribution is 2.23. The molecule has 1 saturated heterocycles. The van der Waals surface area contributed by atoms with E-state index in [0.717, 1.165) is 54.8 Å². The topological polar surface area (TPSA) is 67.2 Å². The predicted octanol–water partition coefficient (Wildman–Crippen LogP) is 2.68. The van der Waals surface area contributed by atoms with Gasteiger partial charge in [-0.05, 0) is 39.3 Å². The molecule has 1 fully saturated rings. The summed E-state index contributed by atoms with van der Waals surface area (Å²) in [6.07, 6.45) is 4.57. The van der Waals surface area contributed by atoms with Crippen molar-refractivity contribution in [3.05, 3.63) is 48.0 Å². The summed E-state index contributed by atoms with van der Waals surface area (Å²) in [5.74, 6) is -0.0312. The summed E-state index contributed by atoms with van der Waals surface area (Å²) >= 11 is 0. The van der Waals surface area contributed by atoms with Gasteiger partial charge in [0.05, 0.1) is 11.4 Å².